The van der Waals surface area contributed by atoms with Crippen LogP contribution in [-0.2, 0) is 10.0 Å². The van der Waals surface area contributed by atoms with Gasteiger partial charge in [0.15, 0.2) is 0 Å². The fraction of sp³-hybridized carbons (Fsp3) is 0.250. The number of halogens is 2. The Morgan fingerprint density at radius 1 is 1.06 bits per heavy atom. The van der Waals surface area contributed by atoms with Gasteiger partial charge in [0.05, 0.1) is 33.7 Å². The second-order valence-corrected chi connectivity index (χ2v) is 10.2. The summed E-state index contributed by atoms with van der Waals surface area (Å²) in [5.74, 6) is -0.0901. The maximum Gasteiger partial charge on any atom is 0.257 e. The molecule has 2 aliphatic heterocycles. The van der Waals surface area contributed by atoms with Gasteiger partial charge in [-0.25, -0.2) is 13.1 Å². The van der Waals surface area contributed by atoms with E-state index in [2.05, 4.69) is 10.1 Å². The lowest BCUT2D eigenvalue weighted by Crippen LogP contribution is -2.57. The van der Waals surface area contributed by atoms with Gasteiger partial charge in [0.1, 0.15) is 4.90 Å². The van der Waals surface area contributed by atoms with Crippen molar-refractivity contribution in [1.82, 2.24) is 24.0 Å². The predicted octanol–water partition coefficient (Wildman–Crippen LogP) is 2.72. The van der Waals surface area contributed by atoms with Gasteiger partial charge >= 0.3 is 0 Å². The maximum absolute atomic E-state index is 13.1. The standard InChI is InChI=1S/C20H17Cl2N5O3S/c21-16-4-1-5-18(19(16)22)31(29,30)27-11-14-9-25(12-17(14)27)20(28)13-7-24-26(10-13)15-3-2-6-23-8-15/h1-8,10,14,17H,9,11-12H2/t14-,17+/m0/s1. The number of carbonyl (C=O) groups excluding carboxylic acids is 1. The summed E-state index contributed by atoms with van der Waals surface area (Å²) in [6.45, 7) is 1.16. The zero-order valence-corrected chi connectivity index (χ0v) is 18.4. The van der Waals surface area contributed by atoms with Crippen molar-refractivity contribution in [1.29, 1.82) is 0 Å². The summed E-state index contributed by atoms with van der Waals surface area (Å²) in [4.78, 5) is 18.7. The molecule has 0 N–H and O–H groups in total. The molecule has 0 bridgehead atoms. The van der Waals surface area contributed by atoms with Crippen LogP contribution in [-0.4, -0.2) is 64.0 Å². The zero-order valence-electron chi connectivity index (χ0n) is 16.1. The molecule has 2 aromatic heterocycles. The van der Waals surface area contributed by atoms with Crippen molar-refractivity contribution in [2.75, 3.05) is 19.6 Å². The van der Waals surface area contributed by atoms with Crippen LogP contribution in [0.2, 0.25) is 10.0 Å². The Bertz CT molecular complexity index is 1260. The molecule has 4 heterocycles. The Hall–Kier alpha value is -2.46. The Labute approximate surface area is 189 Å². The average molecular weight is 478 g/mol. The zero-order chi connectivity index (χ0) is 21.8. The normalized spacial score (nSPS) is 21.0. The number of hydrogen-bond donors (Lipinski definition) is 0. The van der Waals surface area contributed by atoms with Crippen LogP contribution in [0.25, 0.3) is 5.69 Å². The molecule has 8 nitrogen and oxygen atoms in total. The average Bonchev–Trinajstić information content (AvgIpc) is 3.36. The van der Waals surface area contributed by atoms with Crippen LogP contribution in [0.4, 0.5) is 0 Å². The number of amides is 1. The fourth-order valence-electron chi connectivity index (χ4n) is 4.09. The number of fused-ring (bicyclic) bond motifs is 1. The number of nitrogens with zero attached hydrogens (tertiary/aromatic N) is 5. The minimum absolute atomic E-state index is 0.0114. The lowest BCUT2D eigenvalue weighted by atomic mass is 9.96. The Kier molecular flexibility index (Phi) is 5.01. The molecule has 11 heteroatoms. The second-order valence-electron chi connectivity index (χ2n) is 7.55. The van der Waals surface area contributed by atoms with Crippen molar-refractivity contribution in [3.8, 4) is 5.69 Å². The van der Waals surface area contributed by atoms with Crippen molar-refractivity contribution >= 4 is 39.1 Å². The van der Waals surface area contributed by atoms with Gasteiger partial charge in [-0.15, -0.1) is 0 Å². The molecule has 2 atom stereocenters. The summed E-state index contributed by atoms with van der Waals surface area (Å²) in [7, 11) is -3.80. The SMILES string of the molecule is O=C(c1cnn(-c2cccnc2)c1)N1C[C@H]2CN(S(=O)(=O)c3cccc(Cl)c3Cl)[C@@H]2C1. The van der Waals surface area contributed by atoms with Crippen LogP contribution < -0.4 is 0 Å². The lowest BCUT2D eigenvalue weighted by molar-refractivity contribution is 0.0788. The Morgan fingerprint density at radius 2 is 1.90 bits per heavy atom. The molecule has 0 aliphatic carbocycles. The highest BCUT2D eigenvalue weighted by Crippen LogP contribution is 2.40. The molecule has 31 heavy (non-hydrogen) atoms. The van der Waals surface area contributed by atoms with Gasteiger partial charge in [-0.3, -0.25) is 9.78 Å². The van der Waals surface area contributed by atoms with Gasteiger partial charge in [-0.2, -0.15) is 9.40 Å². The smallest absolute Gasteiger partial charge is 0.257 e. The Morgan fingerprint density at radius 3 is 2.68 bits per heavy atom. The van der Waals surface area contributed by atoms with Gasteiger partial charge in [0.2, 0.25) is 10.0 Å². The number of likely N-dealkylation sites (tertiary alicyclic amines) is 1. The van der Waals surface area contributed by atoms with E-state index in [1.54, 1.807) is 46.4 Å². The number of rotatable bonds is 4. The minimum Gasteiger partial charge on any atom is -0.337 e. The number of sulfonamides is 1. The van der Waals surface area contributed by atoms with E-state index in [1.807, 2.05) is 6.07 Å². The van der Waals surface area contributed by atoms with Crippen LogP contribution >= 0.6 is 23.2 Å². The van der Waals surface area contributed by atoms with E-state index in [0.717, 1.165) is 5.69 Å². The van der Waals surface area contributed by atoms with Crippen molar-refractivity contribution in [3.05, 3.63) is 70.7 Å². The molecule has 5 rings (SSSR count). The quantitative estimate of drug-likeness (QED) is 0.576. The summed E-state index contributed by atoms with van der Waals surface area (Å²) in [5, 5.41) is 4.44. The van der Waals surface area contributed by atoms with Crippen LogP contribution in [0.15, 0.2) is 60.0 Å². The number of carbonyl (C=O) groups is 1. The predicted molar refractivity (Wildman–Crippen MR) is 115 cm³/mol. The fourth-order valence-corrected chi connectivity index (χ4v) is 6.56. The van der Waals surface area contributed by atoms with Gasteiger partial charge in [0.25, 0.3) is 5.91 Å². The third-order valence-electron chi connectivity index (χ3n) is 5.72. The number of hydrogen-bond acceptors (Lipinski definition) is 5. The highest BCUT2D eigenvalue weighted by Gasteiger charge is 2.52. The van der Waals surface area contributed by atoms with E-state index >= 15 is 0 Å². The first kappa shape index (κ1) is 20.4. The van der Waals surface area contributed by atoms with Gasteiger partial charge in [0, 0.05) is 44.0 Å². The molecule has 0 unspecified atom stereocenters. The molecule has 2 aliphatic rings. The molecule has 160 valence electrons. The molecule has 0 spiro atoms. The van der Waals surface area contributed by atoms with E-state index in [0.29, 0.717) is 25.2 Å². The molecule has 1 amide bonds. The second kappa shape index (κ2) is 7.59. The van der Waals surface area contributed by atoms with E-state index in [1.165, 1.54) is 16.6 Å². The highest BCUT2D eigenvalue weighted by atomic mass is 35.5. The van der Waals surface area contributed by atoms with Crippen LogP contribution in [0.5, 0.6) is 0 Å². The number of pyridine rings is 1. The summed E-state index contributed by atoms with van der Waals surface area (Å²) in [5.41, 5.74) is 1.19. The first-order chi connectivity index (χ1) is 14.9. The minimum atomic E-state index is -3.80. The largest absolute Gasteiger partial charge is 0.337 e. The highest BCUT2D eigenvalue weighted by molar-refractivity contribution is 7.89. The topological polar surface area (TPSA) is 88.4 Å². The third kappa shape index (κ3) is 3.41. The molecule has 1 aromatic carbocycles. The number of benzene rings is 1. The summed E-state index contributed by atoms with van der Waals surface area (Å²) >= 11 is 12.1. The van der Waals surface area contributed by atoms with Gasteiger partial charge < -0.3 is 4.90 Å². The van der Waals surface area contributed by atoms with E-state index < -0.39 is 10.0 Å². The molecule has 0 saturated carbocycles. The first-order valence-corrected chi connectivity index (χ1v) is 11.8. The molecule has 3 aromatic rings. The maximum atomic E-state index is 13.1. The Balaban J connectivity index is 1.32. The molecule has 0 radical (unpaired) electrons. The summed E-state index contributed by atoms with van der Waals surface area (Å²) in [6, 6.07) is 7.90. The van der Waals surface area contributed by atoms with Crippen LogP contribution in [0.1, 0.15) is 10.4 Å². The molecule has 2 saturated heterocycles. The van der Waals surface area contributed by atoms with Crippen molar-refractivity contribution < 1.29 is 13.2 Å². The van der Waals surface area contributed by atoms with E-state index in [-0.39, 0.29) is 32.8 Å². The van der Waals surface area contributed by atoms with Crippen molar-refractivity contribution in [2.45, 2.75) is 10.9 Å². The van der Waals surface area contributed by atoms with Crippen molar-refractivity contribution in [3.63, 3.8) is 0 Å². The van der Waals surface area contributed by atoms with Crippen LogP contribution in [0, 0.1) is 5.92 Å². The van der Waals surface area contributed by atoms with E-state index in [4.69, 9.17) is 23.2 Å². The monoisotopic (exact) mass is 477 g/mol. The first-order valence-electron chi connectivity index (χ1n) is 9.56. The van der Waals surface area contributed by atoms with Gasteiger partial charge in [-0.1, -0.05) is 29.3 Å². The van der Waals surface area contributed by atoms with Gasteiger partial charge in [-0.05, 0) is 24.3 Å². The number of aromatic nitrogens is 3. The van der Waals surface area contributed by atoms with E-state index in [9.17, 15) is 13.2 Å². The lowest BCUT2D eigenvalue weighted by Gasteiger charge is -2.41. The van der Waals surface area contributed by atoms with Crippen LogP contribution in [0.3, 0.4) is 0 Å². The van der Waals surface area contributed by atoms with Crippen molar-refractivity contribution in [2.24, 2.45) is 5.92 Å². The third-order valence-corrected chi connectivity index (χ3v) is 8.59. The summed E-state index contributed by atoms with van der Waals surface area (Å²) < 4.78 is 29.2. The molecule has 2 fully saturated rings. The molecular formula is C20H17Cl2N5O3S. The summed E-state index contributed by atoms with van der Waals surface area (Å²) in [6.07, 6.45) is 6.48. The molecular weight excluding hydrogens is 461 g/mol.